The smallest absolute Gasteiger partial charge is 0.306 e. The molecule has 66 heavy (non-hydrogen) atoms. The fraction of sp³-hybridized carbons (Fsp3) is 0.783. The average Bonchev–Trinajstić information content (AvgIpc) is 3.31. The zero-order chi connectivity index (χ0) is 47.9. The first kappa shape index (κ1) is 63.1. The lowest BCUT2D eigenvalue weighted by atomic mass is 10.0. The number of carbonyl (C=O) groups excluding carboxylic acids is 3. The zero-order valence-electron chi connectivity index (χ0n) is 43.7. The van der Waals surface area contributed by atoms with E-state index in [1.807, 2.05) is 6.08 Å². The van der Waals surface area contributed by atoms with Crippen LogP contribution in [0.2, 0.25) is 0 Å². The van der Waals surface area contributed by atoms with Gasteiger partial charge >= 0.3 is 17.9 Å². The summed E-state index contributed by atoms with van der Waals surface area (Å²) in [5, 5.41) is 0. The minimum absolute atomic E-state index is 0.0970. The minimum atomic E-state index is -0.805. The molecule has 0 fully saturated rings. The van der Waals surface area contributed by atoms with Crippen LogP contribution in [0.4, 0.5) is 0 Å². The Morgan fingerprint density at radius 3 is 1.02 bits per heavy atom. The van der Waals surface area contributed by atoms with E-state index < -0.39 is 6.10 Å². The monoisotopic (exact) mass is 923 g/mol. The van der Waals surface area contributed by atoms with Gasteiger partial charge in [0, 0.05) is 19.3 Å². The lowest BCUT2D eigenvalue weighted by Gasteiger charge is -2.18. The fourth-order valence-electron chi connectivity index (χ4n) is 8.04. The maximum absolute atomic E-state index is 12.8. The minimum Gasteiger partial charge on any atom is -0.462 e. The van der Waals surface area contributed by atoms with Crippen molar-refractivity contribution in [2.75, 3.05) is 13.2 Å². The second kappa shape index (κ2) is 54.7. The van der Waals surface area contributed by atoms with Crippen LogP contribution in [0.25, 0.3) is 0 Å². The van der Waals surface area contributed by atoms with Gasteiger partial charge in [-0.1, -0.05) is 255 Å². The van der Waals surface area contributed by atoms with Gasteiger partial charge in [-0.05, 0) is 70.6 Å². The molecule has 0 amide bonds. The molecule has 0 rings (SSSR count). The van der Waals surface area contributed by atoms with Crippen LogP contribution in [0.15, 0.2) is 60.8 Å². The van der Waals surface area contributed by atoms with E-state index in [-0.39, 0.29) is 37.5 Å². The first-order valence-electron chi connectivity index (χ1n) is 28.3. The van der Waals surface area contributed by atoms with E-state index in [4.69, 9.17) is 14.2 Å². The van der Waals surface area contributed by atoms with E-state index in [0.717, 1.165) is 77.0 Å². The van der Waals surface area contributed by atoms with Gasteiger partial charge in [0.2, 0.25) is 0 Å². The third-order valence-electron chi connectivity index (χ3n) is 12.3. The van der Waals surface area contributed by atoms with Gasteiger partial charge in [0.1, 0.15) is 13.2 Å². The number of rotatable bonds is 51. The summed E-state index contributed by atoms with van der Waals surface area (Å²) < 4.78 is 16.8. The third kappa shape index (κ3) is 52.1. The Morgan fingerprint density at radius 1 is 0.318 bits per heavy atom. The quantitative estimate of drug-likeness (QED) is 0.0262. The Kier molecular flexibility index (Phi) is 52.3. The summed E-state index contributed by atoms with van der Waals surface area (Å²) in [6, 6.07) is 0. The molecule has 0 aliphatic heterocycles. The maximum Gasteiger partial charge on any atom is 0.306 e. The summed E-state index contributed by atoms with van der Waals surface area (Å²) in [5.74, 6) is -0.981. The molecule has 0 heterocycles. The molecular formula is C60H106O6. The molecular weight excluding hydrogens is 817 g/mol. The van der Waals surface area contributed by atoms with E-state index in [2.05, 4.69) is 75.5 Å². The molecule has 0 aliphatic carbocycles. The van der Waals surface area contributed by atoms with Crippen molar-refractivity contribution in [1.29, 1.82) is 0 Å². The molecule has 0 aromatic heterocycles. The van der Waals surface area contributed by atoms with Crippen molar-refractivity contribution in [3.8, 4) is 0 Å². The molecule has 0 saturated carbocycles. The van der Waals surface area contributed by atoms with Crippen LogP contribution in [0.5, 0.6) is 0 Å². The van der Waals surface area contributed by atoms with Crippen molar-refractivity contribution in [2.24, 2.45) is 0 Å². The summed E-state index contributed by atoms with van der Waals surface area (Å²) in [7, 11) is 0. The van der Waals surface area contributed by atoms with Crippen molar-refractivity contribution in [1.82, 2.24) is 0 Å². The molecule has 0 aliphatic rings. The van der Waals surface area contributed by atoms with E-state index in [1.54, 1.807) is 0 Å². The zero-order valence-corrected chi connectivity index (χ0v) is 43.7. The Labute approximate surface area is 409 Å². The van der Waals surface area contributed by atoms with Gasteiger partial charge in [0.05, 0.1) is 0 Å². The second-order valence-corrected chi connectivity index (χ2v) is 18.8. The first-order valence-corrected chi connectivity index (χ1v) is 28.3. The molecule has 382 valence electrons. The highest BCUT2D eigenvalue weighted by atomic mass is 16.6. The molecule has 6 heteroatoms. The Balaban J connectivity index is 4.35. The van der Waals surface area contributed by atoms with Crippen LogP contribution in [0, 0.1) is 0 Å². The molecule has 0 spiro atoms. The summed E-state index contributed by atoms with van der Waals surface area (Å²) in [5.41, 5.74) is 0. The highest BCUT2D eigenvalue weighted by Crippen LogP contribution is 2.16. The van der Waals surface area contributed by atoms with Crippen molar-refractivity contribution >= 4 is 17.9 Å². The van der Waals surface area contributed by atoms with Crippen LogP contribution >= 0.6 is 0 Å². The van der Waals surface area contributed by atoms with Gasteiger partial charge in [0.15, 0.2) is 6.10 Å². The van der Waals surface area contributed by atoms with Crippen LogP contribution in [0.3, 0.4) is 0 Å². The van der Waals surface area contributed by atoms with Gasteiger partial charge in [-0.15, -0.1) is 0 Å². The lowest BCUT2D eigenvalue weighted by molar-refractivity contribution is -0.166. The maximum atomic E-state index is 12.8. The van der Waals surface area contributed by atoms with Crippen LogP contribution in [-0.2, 0) is 28.6 Å². The van der Waals surface area contributed by atoms with E-state index in [0.29, 0.717) is 19.3 Å². The molecule has 0 bridgehead atoms. The van der Waals surface area contributed by atoms with Crippen LogP contribution in [-0.4, -0.2) is 37.2 Å². The van der Waals surface area contributed by atoms with E-state index in [9.17, 15) is 14.4 Å². The highest BCUT2D eigenvalue weighted by Gasteiger charge is 2.19. The number of hydrogen-bond acceptors (Lipinski definition) is 6. The number of ether oxygens (including phenoxy) is 3. The van der Waals surface area contributed by atoms with Gasteiger partial charge in [0.25, 0.3) is 0 Å². The van der Waals surface area contributed by atoms with E-state index in [1.165, 1.54) is 161 Å². The summed E-state index contributed by atoms with van der Waals surface area (Å²) >= 11 is 0. The van der Waals surface area contributed by atoms with Crippen molar-refractivity contribution in [2.45, 2.75) is 290 Å². The number of carbonyl (C=O) groups is 3. The van der Waals surface area contributed by atoms with Crippen LogP contribution in [0.1, 0.15) is 284 Å². The molecule has 0 N–H and O–H groups in total. The summed E-state index contributed by atoms with van der Waals surface area (Å²) in [6.07, 6.45) is 68.1. The predicted octanol–water partition coefficient (Wildman–Crippen LogP) is 18.8. The normalized spacial score (nSPS) is 12.5. The number of esters is 3. The Morgan fingerprint density at radius 2 is 0.621 bits per heavy atom. The predicted molar refractivity (Wildman–Crippen MR) is 284 cm³/mol. The molecule has 1 unspecified atom stereocenters. The van der Waals surface area contributed by atoms with Crippen molar-refractivity contribution in [3.63, 3.8) is 0 Å². The number of allylic oxidation sites excluding steroid dienone is 10. The Hall–Kier alpha value is -2.89. The van der Waals surface area contributed by atoms with Crippen molar-refractivity contribution in [3.05, 3.63) is 60.8 Å². The SMILES string of the molecule is CC/C=C\C/C=C\C/C=C\C/C=C\CCC(=O)OCC(COC(=O)CCCCCCCCCCCCCCCCCCCCCCC)OC(=O)CCCCCCC/C=C\CCCCCCC. The molecule has 0 aromatic carbocycles. The van der Waals surface area contributed by atoms with Gasteiger partial charge in [-0.2, -0.15) is 0 Å². The average molecular weight is 924 g/mol. The topological polar surface area (TPSA) is 78.9 Å². The summed E-state index contributed by atoms with van der Waals surface area (Å²) in [4.78, 5) is 38.0. The van der Waals surface area contributed by atoms with Gasteiger partial charge in [-0.3, -0.25) is 14.4 Å². The number of hydrogen-bond donors (Lipinski definition) is 0. The largest absolute Gasteiger partial charge is 0.462 e. The van der Waals surface area contributed by atoms with E-state index >= 15 is 0 Å². The van der Waals surface area contributed by atoms with Gasteiger partial charge < -0.3 is 14.2 Å². The van der Waals surface area contributed by atoms with Crippen molar-refractivity contribution < 1.29 is 28.6 Å². The highest BCUT2D eigenvalue weighted by molar-refractivity contribution is 5.71. The molecule has 6 nitrogen and oxygen atoms in total. The fourth-order valence-corrected chi connectivity index (χ4v) is 8.04. The standard InChI is InChI=1S/C60H106O6/c1-4-7-10-13-16-19-22-25-27-28-29-30-31-32-33-36-38-41-44-47-50-53-59(62)65-56-57(55-64-58(61)52-49-46-43-40-37-34-24-21-18-15-12-9-6-3)66-60(63)54-51-48-45-42-39-35-26-23-20-17-14-11-8-5-2/h9,12,18,21,23,26,34,37,43,46,57H,4-8,10-11,13-17,19-20,22,24-25,27-33,35-36,38-42,44-45,47-56H2,1-3H3/b12-9-,21-18-,26-23-,37-34-,46-43-. The molecule has 1 atom stereocenters. The van der Waals surface area contributed by atoms with Gasteiger partial charge in [-0.25, -0.2) is 0 Å². The van der Waals surface area contributed by atoms with Crippen LogP contribution < -0.4 is 0 Å². The third-order valence-corrected chi connectivity index (χ3v) is 12.3. The second-order valence-electron chi connectivity index (χ2n) is 18.8. The first-order chi connectivity index (χ1) is 32.5. The Bertz CT molecular complexity index is 1200. The molecule has 0 aromatic rings. The molecule has 0 radical (unpaired) electrons. The summed E-state index contributed by atoms with van der Waals surface area (Å²) in [6.45, 7) is 6.47. The lowest BCUT2D eigenvalue weighted by Crippen LogP contribution is -2.30. The number of unbranched alkanes of at least 4 members (excludes halogenated alkanes) is 30. The molecule has 0 saturated heterocycles.